The second-order valence-electron chi connectivity index (χ2n) is 6.14. The number of Topliss-reactive ketones (excluding diaryl/α,β-unsaturated/α-hetero) is 2. The topological polar surface area (TPSA) is 60.4 Å². The summed E-state index contributed by atoms with van der Waals surface area (Å²) in [6.07, 6.45) is 6.80. The van der Waals surface area contributed by atoms with E-state index in [-0.39, 0.29) is 23.4 Å². The largest absolute Gasteiger partial charge is 0.468 e. The first-order chi connectivity index (χ1) is 9.62. The van der Waals surface area contributed by atoms with Crippen LogP contribution in [0.5, 0.6) is 0 Å². The molecule has 0 aliphatic heterocycles. The lowest BCUT2D eigenvalue weighted by molar-refractivity contribution is -0.171. The molecule has 0 aromatic rings. The maximum Gasteiger partial charge on any atom is 0.320 e. The van der Waals surface area contributed by atoms with Gasteiger partial charge in [-0.25, -0.2) is 0 Å². The van der Waals surface area contributed by atoms with Crippen molar-refractivity contribution in [3.8, 4) is 0 Å². The fraction of sp³-hybridized carbons (Fsp3) is 0.688. The molecular weight excluding hydrogens is 256 g/mol. The van der Waals surface area contributed by atoms with Gasteiger partial charge in [0.2, 0.25) is 0 Å². The lowest BCUT2D eigenvalue weighted by Crippen LogP contribution is -2.58. The highest BCUT2D eigenvalue weighted by Crippen LogP contribution is 2.55. The molecule has 2 saturated carbocycles. The molecule has 0 bridgehead atoms. The fourth-order valence-corrected chi connectivity index (χ4v) is 4.50. The van der Waals surface area contributed by atoms with E-state index in [9.17, 15) is 14.4 Å². The van der Waals surface area contributed by atoms with Crippen molar-refractivity contribution in [3.05, 3.63) is 11.6 Å². The van der Waals surface area contributed by atoms with Gasteiger partial charge in [-0.05, 0) is 43.6 Å². The van der Waals surface area contributed by atoms with E-state index >= 15 is 0 Å². The third-order valence-electron chi connectivity index (χ3n) is 5.32. The number of esters is 1. The number of carbonyl (C=O) groups is 3. The molecule has 3 atom stereocenters. The van der Waals surface area contributed by atoms with Crippen LogP contribution in [0.3, 0.4) is 0 Å². The van der Waals surface area contributed by atoms with Crippen LogP contribution in [0.15, 0.2) is 11.6 Å². The van der Waals surface area contributed by atoms with E-state index < -0.39 is 11.4 Å². The van der Waals surface area contributed by atoms with Gasteiger partial charge in [0.1, 0.15) is 5.41 Å². The maximum absolute atomic E-state index is 12.7. The Hall–Kier alpha value is -1.45. The van der Waals surface area contributed by atoms with Gasteiger partial charge in [-0.3, -0.25) is 14.4 Å². The van der Waals surface area contributed by atoms with E-state index in [1.165, 1.54) is 7.11 Å². The average molecular weight is 276 g/mol. The number of rotatable bonds is 1. The van der Waals surface area contributed by atoms with Crippen molar-refractivity contribution < 1.29 is 19.1 Å². The summed E-state index contributed by atoms with van der Waals surface area (Å²) in [5.41, 5.74) is -0.360. The summed E-state index contributed by atoms with van der Waals surface area (Å²) in [6, 6.07) is 0. The molecule has 0 N–H and O–H groups in total. The summed E-state index contributed by atoms with van der Waals surface area (Å²) in [4.78, 5) is 37.5. The van der Waals surface area contributed by atoms with Crippen molar-refractivity contribution in [2.45, 2.75) is 44.9 Å². The van der Waals surface area contributed by atoms with Gasteiger partial charge in [0, 0.05) is 18.8 Å². The van der Waals surface area contributed by atoms with Crippen molar-refractivity contribution in [1.82, 2.24) is 0 Å². The summed E-state index contributed by atoms with van der Waals surface area (Å²) >= 11 is 0. The fourth-order valence-electron chi connectivity index (χ4n) is 4.50. The Morgan fingerprint density at radius 3 is 2.85 bits per heavy atom. The lowest BCUT2D eigenvalue weighted by Gasteiger charge is -2.50. The maximum atomic E-state index is 12.7. The minimum absolute atomic E-state index is 0.00843. The van der Waals surface area contributed by atoms with Crippen LogP contribution in [0.2, 0.25) is 0 Å². The quantitative estimate of drug-likeness (QED) is 0.544. The Labute approximate surface area is 118 Å². The number of ether oxygens (including phenoxy) is 1. The molecule has 20 heavy (non-hydrogen) atoms. The van der Waals surface area contributed by atoms with Crippen LogP contribution in [-0.4, -0.2) is 24.6 Å². The summed E-state index contributed by atoms with van der Waals surface area (Å²) in [5, 5.41) is 0. The summed E-state index contributed by atoms with van der Waals surface area (Å²) in [6.45, 7) is 0. The van der Waals surface area contributed by atoms with Crippen molar-refractivity contribution >= 4 is 17.5 Å². The molecule has 0 amide bonds. The Morgan fingerprint density at radius 1 is 1.30 bits per heavy atom. The highest BCUT2D eigenvalue weighted by Gasteiger charge is 2.63. The van der Waals surface area contributed by atoms with E-state index in [0.29, 0.717) is 18.4 Å². The highest BCUT2D eigenvalue weighted by molar-refractivity contribution is 6.10. The molecule has 4 heteroatoms. The molecule has 0 heterocycles. The van der Waals surface area contributed by atoms with Crippen molar-refractivity contribution in [3.63, 3.8) is 0 Å². The number of allylic oxidation sites excluding steroid dienone is 2. The molecular formula is C16H20O4. The van der Waals surface area contributed by atoms with Crippen LogP contribution in [0.25, 0.3) is 0 Å². The standard InChI is InChI=1S/C16H20O4/c1-20-15(19)16-10(5-4-8-14(16)18)9-13(17)11-6-2-3-7-12(11)16/h6,10,12H,2-5,7-9H2,1H3/t10-,12-,16+/m0/s1. The SMILES string of the molecule is COC(=O)[C@]12C(=O)CCC[C@H]1CC(=O)C1=CCCC[C@@H]12. The Balaban J connectivity index is 2.15. The summed E-state index contributed by atoms with van der Waals surface area (Å²) < 4.78 is 5.01. The van der Waals surface area contributed by atoms with Crippen LogP contribution in [0.1, 0.15) is 44.9 Å². The first-order valence-corrected chi connectivity index (χ1v) is 7.47. The van der Waals surface area contributed by atoms with Crippen LogP contribution >= 0.6 is 0 Å². The number of methoxy groups -OCH3 is 1. The molecule has 108 valence electrons. The molecule has 3 aliphatic carbocycles. The highest BCUT2D eigenvalue weighted by atomic mass is 16.5. The minimum atomic E-state index is -1.08. The number of carbonyl (C=O) groups excluding carboxylic acids is 3. The zero-order valence-corrected chi connectivity index (χ0v) is 11.8. The van der Waals surface area contributed by atoms with Gasteiger partial charge in [0.15, 0.2) is 11.6 Å². The second kappa shape index (κ2) is 4.83. The molecule has 2 fully saturated rings. The lowest BCUT2D eigenvalue weighted by atomic mass is 9.50. The van der Waals surface area contributed by atoms with Gasteiger partial charge < -0.3 is 4.74 Å². The molecule has 4 nitrogen and oxygen atoms in total. The van der Waals surface area contributed by atoms with Crippen molar-refractivity contribution in [1.29, 1.82) is 0 Å². The molecule has 0 saturated heterocycles. The first-order valence-electron chi connectivity index (χ1n) is 7.47. The number of hydrogen-bond donors (Lipinski definition) is 0. The smallest absolute Gasteiger partial charge is 0.320 e. The second-order valence-corrected chi connectivity index (χ2v) is 6.14. The Bertz CT molecular complexity index is 495. The van der Waals surface area contributed by atoms with Gasteiger partial charge >= 0.3 is 5.97 Å². The average Bonchev–Trinajstić information content (AvgIpc) is 2.47. The van der Waals surface area contributed by atoms with E-state index in [1.807, 2.05) is 6.08 Å². The van der Waals surface area contributed by atoms with Crippen LogP contribution in [0, 0.1) is 17.3 Å². The summed E-state index contributed by atoms with van der Waals surface area (Å²) in [5.74, 6) is -0.705. The monoisotopic (exact) mass is 276 g/mol. The molecule has 0 aromatic carbocycles. The van der Waals surface area contributed by atoms with Gasteiger partial charge in [0.25, 0.3) is 0 Å². The molecule has 0 radical (unpaired) electrons. The molecule has 0 aromatic heterocycles. The normalized spacial score (nSPS) is 36.8. The van der Waals surface area contributed by atoms with Gasteiger partial charge in [-0.2, -0.15) is 0 Å². The van der Waals surface area contributed by atoms with E-state index in [0.717, 1.165) is 32.1 Å². The summed E-state index contributed by atoms with van der Waals surface area (Å²) in [7, 11) is 1.35. The molecule has 3 aliphatic rings. The third-order valence-corrected chi connectivity index (χ3v) is 5.32. The van der Waals surface area contributed by atoms with Crippen molar-refractivity contribution in [2.24, 2.45) is 17.3 Å². The zero-order chi connectivity index (χ0) is 14.3. The van der Waals surface area contributed by atoms with E-state index in [1.54, 1.807) is 0 Å². The van der Waals surface area contributed by atoms with E-state index in [2.05, 4.69) is 0 Å². The van der Waals surface area contributed by atoms with Gasteiger partial charge in [-0.1, -0.05) is 6.08 Å². The number of hydrogen-bond acceptors (Lipinski definition) is 4. The molecule has 0 unspecified atom stereocenters. The third kappa shape index (κ3) is 1.63. The van der Waals surface area contributed by atoms with Crippen LogP contribution in [0.4, 0.5) is 0 Å². The van der Waals surface area contributed by atoms with Gasteiger partial charge in [-0.15, -0.1) is 0 Å². The van der Waals surface area contributed by atoms with Crippen molar-refractivity contribution in [2.75, 3.05) is 7.11 Å². The first kappa shape index (κ1) is 13.5. The van der Waals surface area contributed by atoms with Crippen LogP contribution < -0.4 is 0 Å². The number of ketones is 2. The Kier molecular flexibility index (Phi) is 3.27. The van der Waals surface area contributed by atoms with E-state index in [4.69, 9.17) is 4.74 Å². The van der Waals surface area contributed by atoms with Crippen LogP contribution in [-0.2, 0) is 19.1 Å². The number of fused-ring (bicyclic) bond motifs is 3. The predicted molar refractivity (Wildman–Crippen MR) is 71.8 cm³/mol. The molecule has 3 rings (SSSR count). The minimum Gasteiger partial charge on any atom is -0.468 e. The predicted octanol–water partition coefficient (Wildman–Crippen LogP) is 2.21. The zero-order valence-electron chi connectivity index (χ0n) is 11.8. The molecule has 0 spiro atoms. The van der Waals surface area contributed by atoms with Gasteiger partial charge in [0.05, 0.1) is 7.11 Å². The Morgan fingerprint density at radius 2 is 2.10 bits per heavy atom.